The minimum absolute atomic E-state index is 0.164. The van der Waals surface area contributed by atoms with E-state index in [2.05, 4.69) is 10.0 Å². The first-order valence-corrected chi connectivity index (χ1v) is 12.5. The summed E-state index contributed by atoms with van der Waals surface area (Å²) >= 11 is 0. The van der Waals surface area contributed by atoms with Gasteiger partial charge in [-0.1, -0.05) is 31.2 Å². The van der Waals surface area contributed by atoms with Crippen LogP contribution in [0.3, 0.4) is 0 Å². The first-order chi connectivity index (χ1) is 15.2. The first-order valence-electron chi connectivity index (χ1n) is 10.9. The topological polar surface area (TPSA) is 125 Å². The Balaban J connectivity index is 1.51. The molecule has 3 rings (SSSR count). The van der Waals surface area contributed by atoms with Crippen LogP contribution in [0.1, 0.15) is 38.2 Å². The second kappa shape index (κ2) is 10.5. The summed E-state index contributed by atoms with van der Waals surface area (Å²) in [6.07, 6.45) is 5.92. The number of benzene rings is 1. The molecule has 1 saturated carbocycles. The van der Waals surface area contributed by atoms with Crippen molar-refractivity contribution in [2.75, 3.05) is 32.0 Å². The fourth-order valence-electron chi connectivity index (χ4n) is 3.26. The summed E-state index contributed by atoms with van der Waals surface area (Å²) in [6.45, 7) is 2.79. The number of carbonyl (C=O) groups is 2. The Kier molecular flexibility index (Phi) is 7.91. The van der Waals surface area contributed by atoms with Crippen molar-refractivity contribution < 1.29 is 27.9 Å². The third-order valence-corrected chi connectivity index (χ3v) is 6.89. The van der Waals surface area contributed by atoms with Crippen LogP contribution in [0, 0.1) is 5.92 Å². The van der Waals surface area contributed by atoms with E-state index >= 15 is 0 Å². The Hall–Kier alpha value is -2.43. The van der Waals surface area contributed by atoms with E-state index in [4.69, 9.17) is 4.74 Å². The molecule has 9 nitrogen and oxygen atoms in total. The second-order valence-electron chi connectivity index (χ2n) is 8.29. The van der Waals surface area contributed by atoms with Gasteiger partial charge in [-0.25, -0.2) is 17.9 Å². The van der Waals surface area contributed by atoms with Crippen molar-refractivity contribution in [3.05, 3.63) is 42.0 Å². The van der Waals surface area contributed by atoms with E-state index in [1.807, 2.05) is 6.07 Å². The van der Waals surface area contributed by atoms with E-state index < -0.39 is 21.7 Å². The lowest BCUT2D eigenvalue weighted by Crippen LogP contribution is -2.49. The summed E-state index contributed by atoms with van der Waals surface area (Å²) in [6, 6.07) is 6.66. The van der Waals surface area contributed by atoms with Crippen LogP contribution in [0.25, 0.3) is 0 Å². The van der Waals surface area contributed by atoms with Crippen LogP contribution >= 0.6 is 0 Å². The number of urea groups is 1. The van der Waals surface area contributed by atoms with Crippen LogP contribution in [0.5, 0.6) is 5.75 Å². The molecule has 1 aromatic carbocycles. The zero-order valence-corrected chi connectivity index (χ0v) is 19.1. The Labute approximate surface area is 188 Å². The highest BCUT2D eigenvalue weighted by molar-refractivity contribution is 7.89. The number of rotatable bonds is 12. The average Bonchev–Trinajstić information content (AvgIpc) is 3.60. The highest BCUT2D eigenvalue weighted by Gasteiger charge is 2.30. The van der Waals surface area contributed by atoms with Gasteiger partial charge < -0.3 is 14.7 Å². The molecule has 3 amide bonds. The maximum absolute atomic E-state index is 12.4. The number of imide groups is 1. The third-order valence-electron chi connectivity index (χ3n) is 5.67. The summed E-state index contributed by atoms with van der Waals surface area (Å²) in [5.41, 5.74) is -0.772. The van der Waals surface area contributed by atoms with Crippen molar-refractivity contribution in [1.29, 1.82) is 0 Å². The fraction of sp³-hybridized carbons (Fsp3) is 0.545. The van der Waals surface area contributed by atoms with Crippen LogP contribution in [-0.2, 0) is 20.4 Å². The molecule has 0 aromatic heterocycles. The smallest absolute Gasteiger partial charge is 0.324 e. The standard InChI is InChI=1S/C22H31N3O6S/c1-2-22(28,18-6-5-7-19(14-18)31-15-17-8-9-17)16-23-32(29,30)13-4-3-11-25-12-10-20(26)24-21(25)27/h3-7,14,17,23,28H,2,8-13,15-16H2,1H3,(H,24,26,27)/b4-3+/t22-/m1/s1. The molecule has 1 saturated heterocycles. The van der Waals surface area contributed by atoms with Crippen molar-refractivity contribution in [1.82, 2.24) is 14.9 Å². The van der Waals surface area contributed by atoms with Crippen LogP contribution in [0.4, 0.5) is 4.79 Å². The van der Waals surface area contributed by atoms with Gasteiger partial charge in [0.05, 0.1) is 12.4 Å². The monoisotopic (exact) mass is 465 g/mol. The summed E-state index contributed by atoms with van der Waals surface area (Å²) in [4.78, 5) is 24.2. The molecule has 0 unspecified atom stereocenters. The van der Waals surface area contributed by atoms with E-state index in [0.29, 0.717) is 36.8 Å². The number of hydrogen-bond acceptors (Lipinski definition) is 6. The molecule has 2 aliphatic rings. The summed E-state index contributed by atoms with van der Waals surface area (Å²) in [5, 5.41) is 13.3. The van der Waals surface area contributed by atoms with Gasteiger partial charge in [-0.15, -0.1) is 0 Å². The second-order valence-corrected chi connectivity index (χ2v) is 10.1. The lowest BCUT2D eigenvalue weighted by molar-refractivity contribution is -0.121. The molecule has 1 heterocycles. The van der Waals surface area contributed by atoms with Gasteiger partial charge in [0.25, 0.3) is 0 Å². The lowest BCUT2D eigenvalue weighted by atomic mass is 9.91. The minimum Gasteiger partial charge on any atom is -0.493 e. The molecular formula is C22H31N3O6S. The molecule has 2 fully saturated rings. The van der Waals surface area contributed by atoms with Crippen LogP contribution in [0.15, 0.2) is 36.4 Å². The molecule has 1 atom stereocenters. The van der Waals surface area contributed by atoms with Crippen LogP contribution < -0.4 is 14.8 Å². The molecule has 1 aliphatic heterocycles. The van der Waals surface area contributed by atoms with Gasteiger partial charge in [0.1, 0.15) is 11.4 Å². The van der Waals surface area contributed by atoms with Crippen molar-refractivity contribution in [2.45, 2.75) is 38.2 Å². The van der Waals surface area contributed by atoms with Gasteiger partial charge in [-0.3, -0.25) is 10.1 Å². The highest BCUT2D eigenvalue weighted by atomic mass is 32.2. The predicted octanol–water partition coefficient (Wildman–Crippen LogP) is 1.49. The summed E-state index contributed by atoms with van der Waals surface area (Å²) in [7, 11) is -3.68. The molecule has 32 heavy (non-hydrogen) atoms. The molecule has 3 N–H and O–H groups in total. The maximum atomic E-state index is 12.4. The Morgan fingerprint density at radius 3 is 2.78 bits per heavy atom. The van der Waals surface area contributed by atoms with Gasteiger partial charge in [-0.05, 0) is 42.9 Å². The normalized spacial score (nSPS) is 19.1. The van der Waals surface area contributed by atoms with Gasteiger partial charge in [0.15, 0.2) is 0 Å². The van der Waals surface area contributed by atoms with Crippen LogP contribution in [0.2, 0.25) is 0 Å². The van der Waals surface area contributed by atoms with E-state index in [9.17, 15) is 23.1 Å². The molecule has 0 bridgehead atoms. The first kappa shape index (κ1) is 24.2. The van der Waals surface area contributed by atoms with Gasteiger partial charge >= 0.3 is 6.03 Å². The molecule has 10 heteroatoms. The number of aliphatic hydroxyl groups is 1. The molecule has 1 aliphatic carbocycles. The van der Waals surface area contributed by atoms with E-state index in [1.54, 1.807) is 31.2 Å². The molecular weight excluding hydrogens is 434 g/mol. The average molecular weight is 466 g/mol. The number of hydrogen-bond donors (Lipinski definition) is 3. The Bertz CT molecular complexity index is 960. The van der Waals surface area contributed by atoms with E-state index in [1.165, 1.54) is 23.8 Å². The number of amides is 3. The van der Waals surface area contributed by atoms with Gasteiger partial charge in [0.2, 0.25) is 15.9 Å². The summed E-state index contributed by atoms with van der Waals surface area (Å²) < 4.78 is 33.0. The quantitative estimate of drug-likeness (QED) is 0.402. The highest BCUT2D eigenvalue weighted by Crippen LogP contribution is 2.31. The number of carbonyl (C=O) groups excluding carboxylic acids is 2. The van der Waals surface area contributed by atoms with Crippen molar-refractivity contribution in [2.24, 2.45) is 5.92 Å². The van der Waals surface area contributed by atoms with E-state index in [0.717, 1.165) is 0 Å². The number of sulfonamides is 1. The zero-order valence-electron chi connectivity index (χ0n) is 18.2. The zero-order chi connectivity index (χ0) is 23.2. The number of nitrogens with zero attached hydrogens (tertiary/aromatic N) is 1. The Morgan fingerprint density at radius 2 is 2.09 bits per heavy atom. The third kappa shape index (κ3) is 7.04. The molecule has 176 valence electrons. The predicted molar refractivity (Wildman–Crippen MR) is 120 cm³/mol. The van der Waals surface area contributed by atoms with Crippen molar-refractivity contribution >= 4 is 22.0 Å². The van der Waals surface area contributed by atoms with E-state index in [-0.39, 0.29) is 31.2 Å². The largest absolute Gasteiger partial charge is 0.493 e. The lowest BCUT2D eigenvalue weighted by Gasteiger charge is -2.28. The van der Waals surface area contributed by atoms with Crippen molar-refractivity contribution in [3.8, 4) is 5.75 Å². The number of ether oxygens (including phenoxy) is 1. The maximum Gasteiger partial charge on any atom is 0.324 e. The van der Waals surface area contributed by atoms with Crippen LogP contribution in [-0.4, -0.2) is 62.4 Å². The SMILES string of the molecule is CC[C@@](O)(CNS(=O)(=O)C/C=C/CN1CCC(=O)NC1=O)c1cccc(OCC2CC2)c1. The molecule has 0 radical (unpaired) electrons. The molecule has 1 aromatic rings. The fourth-order valence-corrected chi connectivity index (χ4v) is 4.23. The molecule has 0 spiro atoms. The Morgan fingerprint density at radius 1 is 1.31 bits per heavy atom. The van der Waals surface area contributed by atoms with Gasteiger partial charge in [0, 0.05) is 26.1 Å². The van der Waals surface area contributed by atoms with Crippen molar-refractivity contribution in [3.63, 3.8) is 0 Å². The summed E-state index contributed by atoms with van der Waals surface area (Å²) in [5.74, 6) is 0.669. The van der Waals surface area contributed by atoms with Gasteiger partial charge in [-0.2, -0.15) is 0 Å². The minimum atomic E-state index is -3.68. The number of nitrogens with one attached hydrogen (secondary N) is 2.